The van der Waals surface area contributed by atoms with Crippen molar-refractivity contribution >= 4 is 23.4 Å². The van der Waals surface area contributed by atoms with E-state index >= 15 is 0 Å². The highest BCUT2D eigenvalue weighted by Crippen LogP contribution is 2.43. The van der Waals surface area contributed by atoms with Crippen LogP contribution in [0.3, 0.4) is 0 Å². The molecule has 0 bridgehead atoms. The molecule has 0 saturated heterocycles. The Kier molecular flexibility index (Phi) is 5.15. The monoisotopic (exact) mass is 395 g/mol. The average Bonchev–Trinajstić information content (AvgIpc) is 2.66. The van der Waals surface area contributed by atoms with E-state index in [-0.39, 0.29) is 17.3 Å². The molecule has 6 heteroatoms. The van der Waals surface area contributed by atoms with Gasteiger partial charge in [0.25, 0.3) is 5.56 Å². The van der Waals surface area contributed by atoms with Crippen LogP contribution in [0.5, 0.6) is 0 Å². The maximum atomic E-state index is 13.1. The quantitative estimate of drug-likeness (QED) is 0.593. The third-order valence-electron chi connectivity index (χ3n) is 5.30. The molecule has 0 spiro atoms. The number of H-pyrrole nitrogens is 1. The van der Waals surface area contributed by atoms with Crippen LogP contribution in [0.25, 0.3) is 0 Å². The summed E-state index contributed by atoms with van der Waals surface area (Å²) in [5, 5.41) is 4.24. The van der Waals surface area contributed by atoms with Gasteiger partial charge in [0.1, 0.15) is 5.82 Å². The van der Waals surface area contributed by atoms with E-state index in [9.17, 15) is 9.59 Å². The highest BCUT2D eigenvalue weighted by molar-refractivity contribution is 7.99. The van der Waals surface area contributed by atoms with Gasteiger partial charge in [0.2, 0.25) is 0 Å². The number of nitrogens with one attached hydrogen (secondary N) is 2. The molecule has 0 fully saturated rings. The summed E-state index contributed by atoms with van der Waals surface area (Å²) >= 11 is 1.53. The molecule has 2 aliphatic rings. The Morgan fingerprint density at radius 1 is 1.18 bits per heavy atom. The molecule has 1 atom stereocenters. The zero-order chi connectivity index (χ0) is 19.8. The van der Waals surface area contributed by atoms with E-state index in [1.54, 1.807) is 0 Å². The number of fused-ring (bicyclic) bond motifs is 1. The van der Waals surface area contributed by atoms with Crippen molar-refractivity contribution in [3.8, 4) is 0 Å². The first-order valence-electron chi connectivity index (χ1n) is 9.91. The van der Waals surface area contributed by atoms with E-state index in [0.717, 1.165) is 36.1 Å². The summed E-state index contributed by atoms with van der Waals surface area (Å²) in [6.45, 7) is 6.24. The summed E-state index contributed by atoms with van der Waals surface area (Å²) in [7, 11) is 0. The first-order chi connectivity index (χ1) is 13.5. The summed E-state index contributed by atoms with van der Waals surface area (Å²) in [5.41, 5.74) is 4.24. The molecule has 2 N–H and O–H groups in total. The molecule has 4 rings (SSSR count). The fourth-order valence-corrected chi connectivity index (χ4v) is 4.74. The second-order valence-electron chi connectivity index (χ2n) is 7.62. The van der Waals surface area contributed by atoms with E-state index in [2.05, 4.69) is 43.2 Å². The standard InChI is InChI=1S/C22H25N3O2S/c1-4-13-8-10-14(11-9-13)17-18-15(6-5-7-16(18)26)23-20-19(17)21(27)25-22(24-20)28-12(2)3/h8-12,17H,4-7H2,1-3H3,(H2,23,24,25,27). The number of ketones is 1. The molecule has 28 heavy (non-hydrogen) atoms. The topological polar surface area (TPSA) is 74.8 Å². The molecule has 1 aliphatic heterocycles. The van der Waals surface area contributed by atoms with E-state index in [1.807, 2.05) is 12.1 Å². The molecule has 0 radical (unpaired) electrons. The number of anilines is 1. The lowest BCUT2D eigenvalue weighted by Crippen LogP contribution is -2.32. The summed E-state index contributed by atoms with van der Waals surface area (Å²) in [6.07, 6.45) is 3.13. The number of rotatable bonds is 4. The van der Waals surface area contributed by atoms with Crippen LogP contribution in [0, 0.1) is 0 Å². The van der Waals surface area contributed by atoms with E-state index in [1.165, 1.54) is 17.3 Å². The van der Waals surface area contributed by atoms with Crippen molar-refractivity contribution in [2.75, 3.05) is 5.32 Å². The number of allylic oxidation sites excluding steroid dienone is 2. The van der Waals surface area contributed by atoms with Crippen LogP contribution in [0.4, 0.5) is 5.82 Å². The summed E-state index contributed by atoms with van der Waals surface area (Å²) < 4.78 is 0. The normalized spacial score (nSPS) is 18.7. The summed E-state index contributed by atoms with van der Waals surface area (Å²) in [6, 6.07) is 8.24. The van der Waals surface area contributed by atoms with E-state index in [0.29, 0.717) is 28.2 Å². The lowest BCUT2D eigenvalue weighted by molar-refractivity contribution is -0.116. The van der Waals surface area contributed by atoms with Gasteiger partial charge in [-0.2, -0.15) is 0 Å². The predicted octanol–water partition coefficient (Wildman–Crippen LogP) is 4.40. The molecule has 0 amide bonds. The molecule has 1 aliphatic carbocycles. The SMILES string of the molecule is CCc1ccc(C2C3=C(CCCC3=O)Nc3nc(SC(C)C)[nH]c(=O)c32)cc1. The smallest absolute Gasteiger partial charge is 0.257 e. The molecule has 1 aromatic carbocycles. The Morgan fingerprint density at radius 3 is 2.61 bits per heavy atom. The van der Waals surface area contributed by atoms with Crippen molar-refractivity contribution in [1.82, 2.24) is 9.97 Å². The van der Waals surface area contributed by atoms with Crippen molar-refractivity contribution in [3.63, 3.8) is 0 Å². The number of Topliss-reactive ketones (excluding diaryl/α,β-unsaturated/α-hetero) is 1. The average molecular weight is 396 g/mol. The second-order valence-corrected chi connectivity index (χ2v) is 9.19. The number of aryl methyl sites for hydroxylation is 1. The van der Waals surface area contributed by atoms with Crippen LogP contribution in [-0.4, -0.2) is 21.0 Å². The minimum absolute atomic E-state index is 0.129. The zero-order valence-corrected chi connectivity index (χ0v) is 17.3. The maximum absolute atomic E-state index is 13.1. The number of nitrogens with zero attached hydrogens (tertiary/aromatic N) is 1. The number of thioether (sulfide) groups is 1. The van der Waals surface area contributed by atoms with Crippen molar-refractivity contribution in [1.29, 1.82) is 0 Å². The Bertz CT molecular complexity index is 1010. The van der Waals surface area contributed by atoms with Crippen LogP contribution in [0.1, 0.15) is 62.6 Å². The third kappa shape index (κ3) is 3.41. The fraction of sp³-hybridized carbons (Fsp3) is 0.409. The van der Waals surface area contributed by atoms with Crippen molar-refractivity contribution in [2.24, 2.45) is 0 Å². The molecule has 2 aromatic rings. The van der Waals surface area contributed by atoms with Crippen LogP contribution >= 0.6 is 11.8 Å². The van der Waals surface area contributed by atoms with Gasteiger partial charge < -0.3 is 10.3 Å². The number of benzene rings is 1. The number of hydrogen-bond donors (Lipinski definition) is 2. The van der Waals surface area contributed by atoms with Crippen LogP contribution in [-0.2, 0) is 11.2 Å². The maximum Gasteiger partial charge on any atom is 0.257 e. The van der Waals surface area contributed by atoms with E-state index in [4.69, 9.17) is 4.98 Å². The number of carbonyl (C=O) groups excluding carboxylic acids is 1. The fourth-order valence-electron chi connectivity index (χ4n) is 4.00. The lowest BCUT2D eigenvalue weighted by Gasteiger charge is -2.32. The summed E-state index contributed by atoms with van der Waals surface area (Å²) in [4.78, 5) is 33.5. The predicted molar refractivity (Wildman–Crippen MR) is 113 cm³/mol. The van der Waals surface area contributed by atoms with Gasteiger partial charge in [0.15, 0.2) is 10.9 Å². The van der Waals surface area contributed by atoms with Crippen LogP contribution in [0.2, 0.25) is 0 Å². The molecule has 1 aromatic heterocycles. The molecule has 0 saturated carbocycles. The van der Waals surface area contributed by atoms with E-state index < -0.39 is 0 Å². The summed E-state index contributed by atoms with van der Waals surface area (Å²) in [5.74, 6) is 0.355. The first kappa shape index (κ1) is 19.0. The Hall–Kier alpha value is -2.34. The molecule has 146 valence electrons. The van der Waals surface area contributed by atoms with Crippen LogP contribution < -0.4 is 10.9 Å². The van der Waals surface area contributed by atoms with Gasteiger partial charge in [-0.05, 0) is 30.4 Å². The van der Waals surface area contributed by atoms with Gasteiger partial charge in [0, 0.05) is 28.9 Å². The third-order valence-corrected chi connectivity index (χ3v) is 6.19. The lowest BCUT2D eigenvalue weighted by atomic mass is 9.76. The second kappa shape index (κ2) is 7.59. The van der Waals surface area contributed by atoms with Gasteiger partial charge in [-0.3, -0.25) is 9.59 Å². The van der Waals surface area contributed by atoms with Gasteiger partial charge in [-0.1, -0.05) is 56.8 Å². The number of hydrogen-bond acceptors (Lipinski definition) is 5. The molecular weight excluding hydrogens is 370 g/mol. The van der Waals surface area contributed by atoms with Crippen molar-refractivity contribution < 1.29 is 4.79 Å². The highest BCUT2D eigenvalue weighted by atomic mass is 32.2. The van der Waals surface area contributed by atoms with Crippen molar-refractivity contribution in [2.45, 2.75) is 62.8 Å². The molecule has 2 heterocycles. The Labute approximate surface area is 169 Å². The molecule has 1 unspecified atom stereocenters. The Morgan fingerprint density at radius 2 is 1.93 bits per heavy atom. The zero-order valence-electron chi connectivity index (χ0n) is 16.5. The Balaban J connectivity index is 1.89. The van der Waals surface area contributed by atoms with Gasteiger partial charge in [-0.25, -0.2) is 4.98 Å². The number of carbonyl (C=O) groups is 1. The van der Waals surface area contributed by atoms with Crippen LogP contribution in [0.15, 0.2) is 45.5 Å². The minimum Gasteiger partial charge on any atom is -0.343 e. The minimum atomic E-state index is -0.362. The highest BCUT2D eigenvalue weighted by Gasteiger charge is 2.37. The molecule has 5 nitrogen and oxygen atoms in total. The number of aromatic amines is 1. The largest absolute Gasteiger partial charge is 0.343 e. The van der Waals surface area contributed by atoms with Crippen molar-refractivity contribution in [3.05, 3.63) is 62.6 Å². The molecular formula is C22H25N3O2S. The first-order valence-corrected chi connectivity index (χ1v) is 10.8. The van der Waals surface area contributed by atoms with Gasteiger partial charge in [-0.15, -0.1) is 0 Å². The van der Waals surface area contributed by atoms with Gasteiger partial charge in [0.05, 0.1) is 5.56 Å². The number of aromatic nitrogens is 2. The van der Waals surface area contributed by atoms with Gasteiger partial charge >= 0.3 is 0 Å².